The second kappa shape index (κ2) is 4.30. The van der Waals surface area contributed by atoms with E-state index >= 15 is 0 Å². The van der Waals surface area contributed by atoms with E-state index in [2.05, 4.69) is 9.47 Å². The van der Waals surface area contributed by atoms with Crippen LogP contribution in [-0.2, 0) is 9.47 Å². The van der Waals surface area contributed by atoms with Crippen LogP contribution in [0, 0.1) is 11.8 Å². The zero-order valence-electron chi connectivity index (χ0n) is 9.56. The molecule has 2 bridgehead atoms. The predicted molar refractivity (Wildman–Crippen MR) is 47.6 cm³/mol. The zero-order valence-corrected chi connectivity index (χ0v) is 9.56. The van der Waals surface area contributed by atoms with E-state index < -0.39 is 49.1 Å². The van der Waals surface area contributed by atoms with Gasteiger partial charge in [0, 0.05) is 11.8 Å². The van der Waals surface area contributed by atoms with Gasteiger partial charge in [0.25, 0.3) is 11.7 Å². The van der Waals surface area contributed by atoms with Crippen molar-refractivity contribution in [3.05, 3.63) is 12.2 Å². The van der Waals surface area contributed by atoms with Crippen LogP contribution in [-0.4, -0.2) is 30.9 Å². The molecule has 2 nitrogen and oxygen atoms in total. The molecule has 0 aromatic carbocycles. The number of alkyl halides is 8. The minimum Gasteiger partial charge on any atom is -0.331 e. The number of hydrogen-bond donors (Lipinski definition) is 0. The first-order valence-electron chi connectivity index (χ1n) is 5.41. The van der Waals surface area contributed by atoms with Crippen LogP contribution in [0.2, 0.25) is 0 Å². The SMILES string of the molecule is FC(F)(F)COC1(F)C2C=CC(C2)C1(F)OC(F)(F)F. The summed E-state index contributed by atoms with van der Waals surface area (Å²) in [5, 5.41) is 0. The minimum atomic E-state index is -5.55. The quantitative estimate of drug-likeness (QED) is 0.585. The second-order valence-corrected chi connectivity index (χ2v) is 4.58. The Hall–Kier alpha value is -0.900. The van der Waals surface area contributed by atoms with E-state index in [0.717, 1.165) is 12.2 Å². The van der Waals surface area contributed by atoms with Crippen molar-refractivity contribution in [2.75, 3.05) is 6.61 Å². The molecule has 20 heavy (non-hydrogen) atoms. The van der Waals surface area contributed by atoms with Crippen LogP contribution in [0.1, 0.15) is 6.42 Å². The van der Waals surface area contributed by atoms with Gasteiger partial charge in [-0.2, -0.15) is 13.2 Å². The minimum absolute atomic E-state index is 0.457. The molecule has 0 saturated heterocycles. The summed E-state index contributed by atoms with van der Waals surface area (Å²) in [5.74, 6) is -11.1. The normalized spacial score (nSPS) is 40.6. The molecule has 4 atom stereocenters. The Bertz CT molecular complexity index is 416. The summed E-state index contributed by atoms with van der Waals surface area (Å²) in [6, 6.07) is 0. The Morgan fingerprint density at radius 3 is 1.90 bits per heavy atom. The van der Waals surface area contributed by atoms with E-state index in [1.807, 2.05) is 0 Å². The van der Waals surface area contributed by atoms with E-state index in [1.54, 1.807) is 0 Å². The molecule has 0 aliphatic heterocycles. The van der Waals surface area contributed by atoms with Crippen LogP contribution >= 0.6 is 0 Å². The van der Waals surface area contributed by atoms with Gasteiger partial charge in [0.05, 0.1) is 0 Å². The van der Waals surface area contributed by atoms with Crippen molar-refractivity contribution in [3.63, 3.8) is 0 Å². The maximum Gasteiger partial charge on any atom is 0.525 e. The molecule has 0 amide bonds. The summed E-state index contributed by atoms with van der Waals surface area (Å²) in [5.41, 5.74) is 0. The number of fused-ring (bicyclic) bond motifs is 2. The first-order chi connectivity index (χ1) is 8.87. The van der Waals surface area contributed by atoms with E-state index in [-0.39, 0.29) is 0 Å². The van der Waals surface area contributed by atoms with Crippen LogP contribution in [0.5, 0.6) is 0 Å². The van der Waals surface area contributed by atoms with Gasteiger partial charge >= 0.3 is 12.5 Å². The average molecular weight is 312 g/mol. The molecule has 2 aliphatic carbocycles. The van der Waals surface area contributed by atoms with Crippen molar-refractivity contribution in [2.24, 2.45) is 11.8 Å². The third kappa shape index (κ3) is 2.50. The first-order valence-corrected chi connectivity index (χ1v) is 5.41. The van der Waals surface area contributed by atoms with Gasteiger partial charge in [-0.1, -0.05) is 12.2 Å². The van der Waals surface area contributed by atoms with E-state index in [0.29, 0.717) is 0 Å². The second-order valence-electron chi connectivity index (χ2n) is 4.58. The third-order valence-corrected chi connectivity index (χ3v) is 3.21. The molecule has 0 radical (unpaired) electrons. The lowest BCUT2D eigenvalue weighted by atomic mass is 9.96. The van der Waals surface area contributed by atoms with Gasteiger partial charge in [0.1, 0.15) is 6.61 Å². The Morgan fingerprint density at radius 2 is 1.45 bits per heavy atom. The van der Waals surface area contributed by atoms with Crippen molar-refractivity contribution < 1.29 is 44.6 Å². The fourth-order valence-electron chi connectivity index (χ4n) is 2.46. The molecule has 2 aliphatic rings. The molecule has 10 heteroatoms. The summed E-state index contributed by atoms with van der Waals surface area (Å²) >= 11 is 0. The lowest BCUT2D eigenvalue weighted by Gasteiger charge is -2.39. The van der Waals surface area contributed by atoms with E-state index in [1.165, 1.54) is 0 Å². The summed E-state index contributed by atoms with van der Waals surface area (Å²) in [4.78, 5) is 0. The molecular weight excluding hydrogens is 304 g/mol. The monoisotopic (exact) mass is 312 g/mol. The Labute approximate surface area is 107 Å². The molecule has 4 unspecified atom stereocenters. The van der Waals surface area contributed by atoms with Crippen LogP contribution in [0.15, 0.2) is 12.2 Å². The standard InChI is InChI=1S/C10H8F8O2/c11-7(12,13)4-19-8(14)5-1-2-6(3-5)9(8,15)20-10(16,17)18/h1-2,5-6H,3-4H2. The molecule has 1 saturated carbocycles. The van der Waals surface area contributed by atoms with Crippen molar-refractivity contribution in [2.45, 2.75) is 30.7 Å². The molecule has 0 aromatic heterocycles. The zero-order chi connectivity index (χ0) is 15.4. The van der Waals surface area contributed by atoms with Crippen LogP contribution < -0.4 is 0 Å². The molecule has 1 fully saturated rings. The molecule has 116 valence electrons. The highest BCUT2D eigenvalue weighted by Crippen LogP contribution is 2.60. The maximum atomic E-state index is 14.3. The third-order valence-electron chi connectivity index (χ3n) is 3.21. The Morgan fingerprint density at radius 1 is 0.950 bits per heavy atom. The van der Waals surface area contributed by atoms with Crippen molar-refractivity contribution in [3.8, 4) is 0 Å². The summed E-state index contributed by atoms with van der Waals surface area (Å²) in [7, 11) is 0. The largest absolute Gasteiger partial charge is 0.525 e. The Kier molecular flexibility index (Phi) is 3.33. The van der Waals surface area contributed by atoms with Gasteiger partial charge in [-0.05, 0) is 6.42 Å². The average Bonchev–Trinajstić information content (AvgIpc) is 2.76. The molecule has 2 rings (SSSR count). The highest BCUT2D eigenvalue weighted by Gasteiger charge is 2.74. The maximum absolute atomic E-state index is 14.3. The topological polar surface area (TPSA) is 18.5 Å². The van der Waals surface area contributed by atoms with Gasteiger partial charge in [0.15, 0.2) is 0 Å². The number of rotatable bonds is 3. The van der Waals surface area contributed by atoms with Crippen LogP contribution in [0.3, 0.4) is 0 Å². The smallest absolute Gasteiger partial charge is 0.331 e. The van der Waals surface area contributed by atoms with Crippen molar-refractivity contribution in [1.82, 2.24) is 0 Å². The fourth-order valence-corrected chi connectivity index (χ4v) is 2.46. The van der Waals surface area contributed by atoms with E-state index in [4.69, 9.17) is 0 Å². The van der Waals surface area contributed by atoms with Gasteiger partial charge in [-0.15, -0.1) is 13.2 Å². The van der Waals surface area contributed by atoms with Crippen LogP contribution in [0.25, 0.3) is 0 Å². The molecule has 0 N–H and O–H groups in total. The van der Waals surface area contributed by atoms with Gasteiger partial charge in [-0.3, -0.25) is 0 Å². The number of ether oxygens (including phenoxy) is 2. The molecule has 0 heterocycles. The number of halogens is 8. The first kappa shape index (κ1) is 15.5. The molecular formula is C10H8F8O2. The van der Waals surface area contributed by atoms with Gasteiger partial charge in [-0.25, -0.2) is 13.5 Å². The summed E-state index contributed by atoms with van der Waals surface area (Å²) in [6.07, 6.45) is -9.10. The van der Waals surface area contributed by atoms with Gasteiger partial charge in [0.2, 0.25) is 0 Å². The van der Waals surface area contributed by atoms with Crippen LogP contribution in [0.4, 0.5) is 35.1 Å². The van der Waals surface area contributed by atoms with Crippen molar-refractivity contribution in [1.29, 1.82) is 0 Å². The highest BCUT2D eigenvalue weighted by molar-refractivity contribution is 5.22. The van der Waals surface area contributed by atoms with E-state index in [9.17, 15) is 35.1 Å². The van der Waals surface area contributed by atoms with Gasteiger partial charge < -0.3 is 4.74 Å². The highest BCUT2D eigenvalue weighted by atomic mass is 19.4. The van der Waals surface area contributed by atoms with Crippen molar-refractivity contribution >= 4 is 0 Å². The summed E-state index contributed by atoms with van der Waals surface area (Å²) in [6.45, 7) is -2.21. The fraction of sp³-hybridized carbons (Fsp3) is 0.800. The lowest BCUT2D eigenvalue weighted by molar-refractivity contribution is -0.448. The molecule has 0 spiro atoms. The predicted octanol–water partition coefficient (Wildman–Crippen LogP) is 3.64. The Balaban J connectivity index is 2.26. The molecule has 0 aromatic rings. The summed E-state index contributed by atoms with van der Waals surface area (Å²) < 4.78 is 108. The number of hydrogen-bond acceptors (Lipinski definition) is 2. The lowest BCUT2D eigenvalue weighted by Crippen LogP contribution is -2.57.